The highest BCUT2D eigenvalue weighted by atomic mass is 16.6. The van der Waals surface area contributed by atoms with Gasteiger partial charge in [0, 0.05) is 12.6 Å². The highest BCUT2D eigenvalue weighted by Crippen LogP contribution is 2.28. The molecule has 1 aromatic heterocycles. The van der Waals surface area contributed by atoms with Gasteiger partial charge >= 0.3 is 17.6 Å². The van der Waals surface area contributed by atoms with E-state index in [0.29, 0.717) is 12.8 Å². The number of aromatic nitrogens is 2. The molecule has 2 heterocycles. The number of carboxylic acids is 1. The summed E-state index contributed by atoms with van der Waals surface area (Å²) in [6.45, 7) is 1.52. The van der Waals surface area contributed by atoms with Crippen molar-refractivity contribution in [1.29, 1.82) is 0 Å². The van der Waals surface area contributed by atoms with Gasteiger partial charge in [0.25, 0.3) is 0 Å². The molecule has 0 saturated carbocycles. The number of nitrogen functional groups attached to an aromatic ring is 1. The number of aliphatic hydroxyl groups excluding tert-OH is 2. The molecule has 1 aliphatic heterocycles. The van der Waals surface area contributed by atoms with E-state index in [4.69, 9.17) is 26.0 Å². The van der Waals surface area contributed by atoms with Gasteiger partial charge in [-0.15, -0.1) is 0 Å². The number of carbonyl (C=O) groups excluding carboxylic acids is 1. The van der Waals surface area contributed by atoms with Gasteiger partial charge in [-0.2, -0.15) is 4.98 Å². The number of aliphatic carboxylic acids is 1. The van der Waals surface area contributed by atoms with Crippen LogP contribution in [0.3, 0.4) is 0 Å². The molecular weight excluding hydrogens is 448 g/mol. The number of rotatable bonds is 8. The number of carboxylic acid groups (broad SMARTS) is 1. The summed E-state index contributed by atoms with van der Waals surface area (Å²) in [7, 11) is 0. The first kappa shape index (κ1) is 26.9. The van der Waals surface area contributed by atoms with Crippen LogP contribution in [0.2, 0.25) is 0 Å². The minimum Gasteiger partial charge on any atom is -0.481 e. The van der Waals surface area contributed by atoms with Gasteiger partial charge in [0.15, 0.2) is 6.23 Å². The molecule has 1 aromatic carbocycles. The number of aliphatic hydroxyl groups is 2. The molecule has 0 aliphatic carbocycles. The van der Waals surface area contributed by atoms with Crippen LogP contribution in [0.1, 0.15) is 31.6 Å². The smallest absolute Gasteiger partial charge is 0.351 e. The second-order valence-corrected chi connectivity index (χ2v) is 7.66. The molecular formula is C22H30N4O8. The van der Waals surface area contributed by atoms with Crippen LogP contribution in [-0.2, 0) is 25.5 Å². The predicted molar refractivity (Wildman–Crippen MR) is 120 cm³/mol. The summed E-state index contributed by atoms with van der Waals surface area (Å²) < 4.78 is 11.6. The zero-order valence-electron chi connectivity index (χ0n) is 18.7. The van der Waals surface area contributed by atoms with Crippen molar-refractivity contribution in [3.63, 3.8) is 0 Å². The third-order valence-corrected chi connectivity index (χ3v) is 4.92. The third kappa shape index (κ3) is 7.63. The van der Waals surface area contributed by atoms with Crippen molar-refractivity contribution >= 4 is 17.8 Å². The molecule has 1 fully saturated rings. The molecule has 7 N–H and O–H groups in total. The van der Waals surface area contributed by atoms with E-state index in [1.165, 1.54) is 12.3 Å². The van der Waals surface area contributed by atoms with Crippen molar-refractivity contribution in [3.05, 3.63) is 58.6 Å². The van der Waals surface area contributed by atoms with Crippen LogP contribution >= 0.6 is 0 Å². The number of hydrogen-bond donors (Lipinski definition) is 5. The van der Waals surface area contributed by atoms with Crippen molar-refractivity contribution in [2.75, 3.05) is 12.3 Å². The minimum atomic E-state index is -1.41. The van der Waals surface area contributed by atoms with Crippen LogP contribution in [0, 0.1) is 0 Å². The first-order valence-electron chi connectivity index (χ1n) is 10.7. The Morgan fingerprint density at radius 1 is 1.21 bits per heavy atom. The fourth-order valence-electron chi connectivity index (χ4n) is 3.15. The molecule has 1 saturated heterocycles. The molecule has 0 amide bonds. The Morgan fingerprint density at radius 3 is 2.44 bits per heavy atom. The highest BCUT2D eigenvalue weighted by molar-refractivity contribution is 5.75. The molecule has 34 heavy (non-hydrogen) atoms. The molecule has 0 unspecified atom stereocenters. The Balaban J connectivity index is 0.000000604. The van der Waals surface area contributed by atoms with Crippen molar-refractivity contribution in [2.45, 2.75) is 56.8 Å². The molecule has 12 heteroatoms. The first-order valence-corrected chi connectivity index (χ1v) is 10.7. The second-order valence-electron chi connectivity index (χ2n) is 7.66. The van der Waals surface area contributed by atoms with Crippen LogP contribution in [0.5, 0.6) is 0 Å². The van der Waals surface area contributed by atoms with E-state index >= 15 is 0 Å². The number of anilines is 1. The number of benzene rings is 1. The van der Waals surface area contributed by atoms with Gasteiger partial charge in [-0.05, 0) is 24.5 Å². The van der Waals surface area contributed by atoms with Gasteiger partial charge < -0.3 is 36.3 Å². The van der Waals surface area contributed by atoms with E-state index in [-0.39, 0.29) is 12.4 Å². The minimum absolute atomic E-state index is 0.0205. The molecule has 5 atom stereocenters. The SMILES string of the molecule is CCCC(=O)O.Nc1ccn([C@@H]2O[C@H](COC(=O)[C@@H](N)Cc3ccccc3)[C@@H](O)[C@@H]2O)c(=O)n1. The first-order chi connectivity index (χ1) is 16.1. The van der Waals surface area contributed by atoms with E-state index in [1.807, 2.05) is 37.3 Å². The van der Waals surface area contributed by atoms with E-state index in [9.17, 15) is 24.6 Å². The Kier molecular flexibility index (Phi) is 10.1. The van der Waals surface area contributed by atoms with Crippen molar-refractivity contribution in [1.82, 2.24) is 9.55 Å². The lowest BCUT2D eigenvalue weighted by atomic mass is 10.1. The standard InChI is InChI=1S/C18H22N4O6.C4H8O2/c19-11(8-10-4-2-1-3-5-10)17(25)27-9-12-14(23)15(24)16(28-12)22-7-6-13(20)21-18(22)26;1-2-3-4(5)6/h1-7,11-12,14-16,23-24H,8-9,19H2,(H2,20,21,26);2-3H2,1H3,(H,5,6)/t11-,12+,14+,15-,16+;/m0./s1. The van der Waals surface area contributed by atoms with E-state index in [1.54, 1.807) is 0 Å². The normalized spacial score (nSPS) is 22.4. The fourth-order valence-corrected chi connectivity index (χ4v) is 3.15. The molecule has 0 spiro atoms. The van der Waals surface area contributed by atoms with Gasteiger partial charge in [0.05, 0.1) is 0 Å². The van der Waals surface area contributed by atoms with Gasteiger partial charge in [-0.1, -0.05) is 37.3 Å². The van der Waals surface area contributed by atoms with Crippen LogP contribution in [0.25, 0.3) is 0 Å². The fraction of sp³-hybridized carbons (Fsp3) is 0.455. The Hall–Kier alpha value is -3.32. The zero-order chi connectivity index (χ0) is 25.3. The van der Waals surface area contributed by atoms with Gasteiger partial charge in [-0.25, -0.2) is 4.79 Å². The Morgan fingerprint density at radius 2 is 1.88 bits per heavy atom. The summed E-state index contributed by atoms with van der Waals surface area (Å²) in [5.41, 5.74) is 11.4. The van der Waals surface area contributed by atoms with E-state index < -0.39 is 48.2 Å². The van der Waals surface area contributed by atoms with Gasteiger partial charge in [-0.3, -0.25) is 14.2 Å². The van der Waals surface area contributed by atoms with Crippen molar-refractivity contribution < 1.29 is 34.4 Å². The lowest BCUT2D eigenvalue weighted by molar-refractivity contribution is -0.151. The number of nitrogens with two attached hydrogens (primary N) is 2. The predicted octanol–water partition coefficient (Wildman–Crippen LogP) is -0.571. The van der Waals surface area contributed by atoms with Crippen LogP contribution in [-0.4, -0.2) is 67.8 Å². The number of nitrogens with zero attached hydrogens (tertiary/aromatic N) is 2. The summed E-state index contributed by atoms with van der Waals surface area (Å²) in [5.74, 6) is -1.35. The number of esters is 1. The average Bonchev–Trinajstić information content (AvgIpc) is 3.07. The molecule has 0 bridgehead atoms. The van der Waals surface area contributed by atoms with Gasteiger partial charge in [0.1, 0.15) is 36.8 Å². The zero-order valence-corrected chi connectivity index (χ0v) is 18.7. The maximum Gasteiger partial charge on any atom is 0.351 e. The molecule has 2 aromatic rings. The Labute approximate surface area is 195 Å². The number of hydrogen-bond acceptors (Lipinski definition) is 10. The van der Waals surface area contributed by atoms with E-state index in [2.05, 4.69) is 4.98 Å². The lowest BCUT2D eigenvalue weighted by Gasteiger charge is -2.17. The quantitative estimate of drug-likeness (QED) is 0.304. The maximum atomic E-state index is 12.1. The van der Waals surface area contributed by atoms with Crippen LogP contribution in [0.15, 0.2) is 47.4 Å². The summed E-state index contributed by atoms with van der Waals surface area (Å²) in [4.78, 5) is 37.2. The van der Waals surface area contributed by atoms with E-state index in [0.717, 1.165) is 16.6 Å². The number of carbonyl (C=O) groups is 2. The Bertz CT molecular complexity index is 1000. The molecule has 3 rings (SSSR count). The monoisotopic (exact) mass is 478 g/mol. The molecule has 0 radical (unpaired) electrons. The van der Waals surface area contributed by atoms with Crippen molar-refractivity contribution in [3.8, 4) is 0 Å². The van der Waals surface area contributed by atoms with Crippen LogP contribution in [0.4, 0.5) is 5.82 Å². The highest BCUT2D eigenvalue weighted by Gasteiger charge is 2.44. The summed E-state index contributed by atoms with van der Waals surface area (Å²) in [6, 6.07) is 9.70. The van der Waals surface area contributed by atoms with Crippen LogP contribution < -0.4 is 17.2 Å². The molecule has 186 valence electrons. The van der Waals surface area contributed by atoms with Crippen molar-refractivity contribution in [2.24, 2.45) is 5.73 Å². The lowest BCUT2D eigenvalue weighted by Crippen LogP contribution is -2.39. The largest absolute Gasteiger partial charge is 0.481 e. The average molecular weight is 479 g/mol. The summed E-state index contributed by atoms with van der Waals surface area (Å²) >= 11 is 0. The third-order valence-electron chi connectivity index (χ3n) is 4.92. The summed E-state index contributed by atoms with van der Waals surface area (Å²) in [5, 5.41) is 28.3. The second kappa shape index (κ2) is 12.8. The molecule has 12 nitrogen and oxygen atoms in total. The topological polar surface area (TPSA) is 200 Å². The summed E-state index contributed by atoms with van der Waals surface area (Å²) in [6.07, 6.45) is -2.37. The number of ether oxygens (including phenoxy) is 2. The van der Waals surface area contributed by atoms with Gasteiger partial charge in [0.2, 0.25) is 0 Å². The molecule has 1 aliphatic rings. The maximum absolute atomic E-state index is 12.1.